The molecular weight excluding hydrogens is 352 g/mol. The molecule has 7 nitrogen and oxygen atoms in total. The SMILES string of the molecule is COc1cc(COC(=O)c2cccc(C)c2)c([N+](=O)[O-])cc1OC(F)F. The van der Waals surface area contributed by atoms with Gasteiger partial charge in [-0.05, 0) is 25.1 Å². The zero-order valence-electron chi connectivity index (χ0n) is 13.9. The van der Waals surface area contributed by atoms with Crippen molar-refractivity contribution < 1.29 is 32.7 Å². The molecule has 0 unspecified atom stereocenters. The van der Waals surface area contributed by atoms with E-state index in [0.717, 1.165) is 17.7 Å². The van der Waals surface area contributed by atoms with Crippen LogP contribution in [0.5, 0.6) is 11.5 Å². The van der Waals surface area contributed by atoms with E-state index in [4.69, 9.17) is 9.47 Å². The highest BCUT2D eigenvalue weighted by molar-refractivity contribution is 5.89. The summed E-state index contributed by atoms with van der Waals surface area (Å²) in [5.41, 5.74) is 0.589. The van der Waals surface area contributed by atoms with Crippen LogP contribution in [0.2, 0.25) is 0 Å². The van der Waals surface area contributed by atoms with Gasteiger partial charge in [0.15, 0.2) is 11.5 Å². The molecule has 0 fully saturated rings. The van der Waals surface area contributed by atoms with Crippen LogP contribution in [0.3, 0.4) is 0 Å². The van der Waals surface area contributed by atoms with E-state index < -0.39 is 35.5 Å². The molecule has 0 saturated heterocycles. The summed E-state index contributed by atoms with van der Waals surface area (Å²) < 4.78 is 39.1. The Morgan fingerprint density at radius 1 is 1.23 bits per heavy atom. The van der Waals surface area contributed by atoms with Crippen molar-refractivity contribution in [3.63, 3.8) is 0 Å². The fourth-order valence-corrected chi connectivity index (χ4v) is 2.22. The van der Waals surface area contributed by atoms with Crippen molar-refractivity contribution in [3.05, 3.63) is 63.2 Å². The van der Waals surface area contributed by atoms with Crippen LogP contribution >= 0.6 is 0 Å². The number of methoxy groups -OCH3 is 1. The number of rotatable bonds is 7. The first-order chi connectivity index (χ1) is 12.3. The van der Waals surface area contributed by atoms with Gasteiger partial charge in [0.05, 0.1) is 29.2 Å². The molecular formula is C17H15F2NO6. The van der Waals surface area contributed by atoms with E-state index in [1.54, 1.807) is 31.2 Å². The minimum absolute atomic E-state index is 0.0190. The molecule has 138 valence electrons. The van der Waals surface area contributed by atoms with Gasteiger partial charge in [0, 0.05) is 0 Å². The fraction of sp³-hybridized carbons (Fsp3) is 0.235. The first-order valence-electron chi connectivity index (χ1n) is 7.35. The third-order valence-electron chi connectivity index (χ3n) is 3.39. The number of carbonyl (C=O) groups excluding carboxylic acids is 1. The van der Waals surface area contributed by atoms with E-state index in [1.165, 1.54) is 7.11 Å². The summed E-state index contributed by atoms with van der Waals surface area (Å²) >= 11 is 0. The van der Waals surface area contributed by atoms with Crippen molar-refractivity contribution in [1.29, 1.82) is 0 Å². The molecule has 0 aliphatic carbocycles. The van der Waals surface area contributed by atoms with E-state index >= 15 is 0 Å². The predicted molar refractivity (Wildman–Crippen MR) is 86.6 cm³/mol. The molecule has 2 aromatic rings. The minimum Gasteiger partial charge on any atom is -0.493 e. The number of hydrogen-bond donors (Lipinski definition) is 0. The van der Waals surface area contributed by atoms with Gasteiger partial charge in [-0.2, -0.15) is 8.78 Å². The van der Waals surface area contributed by atoms with Crippen LogP contribution in [-0.2, 0) is 11.3 Å². The number of carbonyl (C=O) groups is 1. The van der Waals surface area contributed by atoms with E-state index in [-0.39, 0.29) is 16.9 Å². The van der Waals surface area contributed by atoms with Crippen molar-refractivity contribution in [2.24, 2.45) is 0 Å². The molecule has 0 aliphatic heterocycles. The third-order valence-corrected chi connectivity index (χ3v) is 3.39. The summed E-state index contributed by atoms with van der Waals surface area (Å²) in [5.74, 6) is -1.30. The highest BCUT2D eigenvalue weighted by Gasteiger charge is 2.23. The monoisotopic (exact) mass is 367 g/mol. The number of hydrogen-bond acceptors (Lipinski definition) is 6. The molecule has 0 spiro atoms. The Morgan fingerprint density at radius 2 is 1.96 bits per heavy atom. The smallest absolute Gasteiger partial charge is 0.387 e. The lowest BCUT2D eigenvalue weighted by molar-refractivity contribution is -0.386. The molecule has 2 aromatic carbocycles. The van der Waals surface area contributed by atoms with Crippen LogP contribution < -0.4 is 9.47 Å². The topological polar surface area (TPSA) is 87.9 Å². The lowest BCUT2D eigenvalue weighted by Crippen LogP contribution is -2.09. The van der Waals surface area contributed by atoms with Crippen LogP contribution in [-0.4, -0.2) is 24.6 Å². The van der Waals surface area contributed by atoms with Crippen molar-refractivity contribution in [3.8, 4) is 11.5 Å². The zero-order valence-corrected chi connectivity index (χ0v) is 13.9. The number of alkyl halides is 2. The first-order valence-corrected chi connectivity index (χ1v) is 7.35. The molecule has 0 N–H and O–H groups in total. The lowest BCUT2D eigenvalue weighted by atomic mass is 10.1. The molecule has 0 saturated carbocycles. The maximum Gasteiger partial charge on any atom is 0.387 e. The number of nitro groups is 1. The van der Waals surface area contributed by atoms with Crippen LogP contribution in [0.1, 0.15) is 21.5 Å². The van der Waals surface area contributed by atoms with Gasteiger partial charge in [-0.25, -0.2) is 4.79 Å². The first kappa shape index (κ1) is 19.1. The number of ether oxygens (including phenoxy) is 3. The summed E-state index contributed by atoms with van der Waals surface area (Å²) in [6, 6.07) is 8.56. The predicted octanol–water partition coefficient (Wildman–Crippen LogP) is 3.87. The molecule has 0 aromatic heterocycles. The second-order valence-electron chi connectivity index (χ2n) is 5.21. The van der Waals surface area contributed by atoms with Crippen molar-refractivity contribution in [2.45, 2.75) is 20.1 Å². The number of nitro benzene ring substituents is 1. The lowest BCUT2D eigenvalue weighted by Gasteiger charge is -2.12. The zero-order chi connectivity index (χ0) is 19.3. The number of aryl methyl sites for hydroxylation is 1. The Labute approximate surface area is 147 Å². The summed E-state index contributed by atoms with van der Waals surface area (Å²) in [5, 5.41) is 11.2. The second kappa shape index (κ2) is 8.24. The van der Waals surface area contributed by atoms with Gasteiger partial charge in [-0.1, -0.05) is 17.7 Å². The number of esters is 1. The Balaban J connectivity index is 2.27. The van der Waals surface area contributed by atoms with Crippen LogP contribution in [0.15, 0.2) is 36.4 Å². The minimum atomic E-state index is -3.17. The molecule has 0 radical (unpaired) electrons. The summed E-state index contributed by atoms with van der Waals surface area (Å²) in [6.07, 6.45) is 0. The molecule has 0 amide bonds. The normalized spacial score (nSPS) is 10.5. The Morgan fingerprint density at radius 3 is 2.54 bits per heavy atom. The van der Waals surface area contributed by atoms with Gasteiger partial charge in [-0.3, -0.25) is 10.1 Å². The van der Waals surface area contributed by atoms with Gasteiger partial charge >= 0.3 is 12.6 Å². The largest absolute Gasteiger partial charge is 0.493 e. The number of benzene rings is 2. The third kappa shape index (κ3) is 4.65. The Hall–Kier alpha value is -3.23. The van der Waals surface area contributed by atoms with E-state index in [9.17, 15) is 23.7 Å². The summed E-state index contributed by atoms with van der Waals surface area (Å²) in [6.45, 7) is -1.81. The quantitative estimate of drug-likeness (QED) is 0.419. The van der Waals surface area contributed by atoms with Crippen LogP contribution in [0, 0.1) is 17.0 Å². The maximum atomic E-state index is 12.4. The molecule has 26 heavy (non-hydrogen) atoms. The van der Waals surface area contributed by atoms with E-state index in [1.807, 2.05) is 0 Å². The average Bonchev–Trinajstić information content (AvgIpc) is 2.59. The Bertz CT molecular complexity index is 825. The average molecular weight is 367 g/mol. The Kier molecular flexibility index (Phi) is 6.05. The van der Waals surface area contributed by atoms with E-state index in [0.29, 0.717) is 0 Å². The van der Waals surface area contributed by atoms with Gasteiger partial charge in [0.2, 0.25) is 0 Å². The molecule has 2 rings (SSSR count). The van der Waals surface area contributed by atoms with Crippen LogP contribution in [0.4, 0.5) is 14.5 Å². The molecule has 0 aliphatic rings. The van der Waals surface area contributed by atoms with Gasteiger partial charge < -0.3 is 14.2 Å². The van der Waals surface area contributed by atoms with E-state index in [2.05, 4.69) is 4.74 Å². The standard InChI is InChI=1S/C17H15F2NO6/c1-10-4-3-5-11(6-10)16(21)25-9-12-7-14(24-2)15(26-17(18)19)8-13(12)20(22)23/h3-8,17H,9H2,1-2H3. The maximum absolute atomic E-state index is 12.4. The van der Waals surface area contributed by atoms with Crippen LogP contribution in [0.25, 0.3) is 0 Å². The molecule has 0 heterocycles. The highest BCUT2D eigenvalue weighted by Crippen LogP contribution is 2.36. The summed E-state index contributed by atoms with van der Waals surface area (Å²) in [7, 11) is 1.20. The van der Waals surface area contributed by atoms with Gasteiger partial charge in [0.1, 0.15) is 6.61 Å². The van der Waals surface area contributed by atoms with Gasteiger partial charge in [0.25, 0.3) is 5.69 Å². The van der Waals surface area contributed by atoms with Crippen molar-refractivity contribution >= 4 is 11.7 Å². The second-order valence-corrected chi connectivity index (χ2v) is 5.21. The van der Waals surface area contributed by atoms with Gasteiger partial charge in [-0.15, -0.1) is 0 Å². The highest BCUT2D eigenvalue weighted by atomic mass is 19.3. The summed E-state index contributed by atoms with van der Waals surface area (Å²) in [4.78, 5) is 22.5. The molecule has 0 atom stereocenters. The number of nitrogens with zero attached hydrogens (tertiary/aromatic N) is 1. The fourth-order valence-electron chi connectivity index (χ4n) is 2.22. The molecule has 9 heteroatoms. The molecule has 0 bridgehead atoms. The van der Waals surface area contributed by atoms with Crippen molar-refractivity contribution in [2.75, 3.05) is 7.11 Å². The van der Waals surface area contributed by atoms with Crippen molar-refractivity contribution in [1.82, 2.24) is 0 Å². The number of halogens is 2.